The van der Waals surface area contributed by atoms with E-state index in [1.54, 1.807) is 11.8 Å². The highest BCUT2D eigenvalue weighted by Gasteiger charge is 2.28. The highest BCUT2D eigenvalue weighted by Crippen LogP contribution is 2.25. The van der Waals surface area contributed by atoms with Gasteiger partial charge in [-0.25, -0.2) is 9.59 Å². The average Bonchev–Trinajstić information content (AvgIpc) is 2.42. The van der Waals surface area contributed by atoms with Gasteiger partial charge in [-0.15, -0.1) is 11.8 Å². The molecule has 0 bridgehead atoms. The van der Waals surface area contributed by atoms with Crippen LogP contribution in [0, 0.1) is 0 Å². The van der Waals surface area contributed by atoms with Gasteiger partial charge in [0.2, 0.25) is 6.29 Å². The number of carbonyl (C=O) groups excluding carboxylic acids is 2. The van der Waals surface area contributed by atoms with Gasteiger partial charge in [-0.3, -0.25) is 0 Å². The maximum absolute atomic E-state index is 11.4. The third kappa shape index (κ3) is 6.96. The van der Waals surface area contributed by atoms with Crippen LogP contribution in [0.1, 0.15) is 34.6 Å². The fourth-order valence-corrected chi connectivity index (χ4v) is 2.19. The molecule has 0 radical (unpaired) electrons. The van der Waals surface area contributed by atoms with Crippen LogP contribution in [0.2, 0.25) is 0 Å². The molecular weight excluding hydrogens is 280 g/mol. The summed E-state index contributed by atoms with van der Waals surface area (Å²) in [7, 11) is 0. The summed E-state index contributed by atoms with van der Waals surface area (Å²) >= 11 is 1.68. The van der Waals surface area contributed by atoms with E-state index in [4.69, 9.17) is 9.47 Å². The van der Waals surface area contributed by atoms with Gasteiger partial charge in [-0.1, -0.05) is 27.4 Å². The predicted molar refractivity (Wildman–Crippen MR) is 79.5 cm³/mol. The predicted octanol–water partition coefficient (Wildman–Crippen LogP) is 2.54. The number of hydrogen-bond acceptors (Lipinski definition) is 6. The van der Waals surface area contributed by atoms with E-state index in [0.29, 0.717) is 11.0 Å². The highest BCUT2D eigenvalue weighted by molar-refractivity contribution is 8.00. The van der Waals surface area contributed by atoms with Gasteiger partial charge in [0.15, 0.2) is 6.61 Å². The summed E-state index contributed by atoms with van der Waals surface area (Å²) in [6.07, 6.45) is -0.545. The third-order valence-corrected chi connectivity index (χ3v) is 3.83. The Balaban J connectivity index is 0.00000172. The Kier molecular flexibility index (Phi) is 9.33. The van der Waals surface area contributed by atoms with E-state index in [-0.39, 0.29) is 11.7 Å². The first-order valence-corrected chi connectivity index (χ1v) is 7.74. The molecule has 20 heavy (non-hydrogen) atoms. The fourth-order valence-electron chi connectivity index (χ4n) is 1.25. The Labute approximate surface area is 125 Å². The zero-order valence-electron chi connectivity index (χ0n) is 12.8. The number of rotatable bonds is 4. The second-order valence-corrected chi connectivity index (χ2v) is 5.57. The lowest BCUT2D eigenvalue weighted by atomic mass is 10.3. The molecule has 3 unspecified atom stereocenters. The lowest BCUT2D eigenvalue weighted by Crippen LogP contribution is -2.38. The Bertz CT molecular complexity index is 342. The quantitative estimate of drug-likeness (QED) is 0.587. The van der Waals surface area contributed by atoms with Crippen molar-refractivity contribution in [3.8, 4) is 0 Å². The molecule has 1 fully saturated rings. The van der Waals surface area contributed by atoms with Gasteiger partial charge in [-0.05, 0) is 13.8 Å². The van der Waals surface area contributed by atoms with Crippen LogP contribution in [-0.4, -0.2) is 41.9 Å². The molecule has 5 nitrogen and oxygen atoms in total. The van der Waals surface area contributed by atoms with Gasteiger partial charge >= 0.3 is 11.9 Å². The summed E-state index contributed by atoms with van der Waals surface area (Å²) in [5.74, 6) is -0.629. The topological polar surface area (TPSA) is 61.8 Å². The first-order chi connectivity index (χ1) is 9.40. The smallest absolute Gasteiger partial charge is 0.346 e. The summed E-state index contributed by atoms with van der Waals surface area (Å²) in [5, 5.41) is 0.376. The van der Waals surface area contributed by atoms with E-state index in [9.17, 15) is 9.59 Å². The first kappa shape index (κ1) is 19.0. The number of thioether (sulfide) groups is 1. The van der Waals surface area contributed by atoms with Crippen LogP contribution >= 0.6 is 11.8 Å². The molecular formula is C14H24O5S. The first-order valence-electron chi connectivity index (χ1n) is 6.69. The molecule has 0 aromatic heterocycles. The molecule has 1 heterocycles. The fraction of sp³-hybridized carbons (Fsp3) is 0.714. The van der Waals surface area contributed by atoms with Crippen LogP contribution in [0.25, 0.3) is 0 Å². The van der Waals surface area contributed by atoms with Crippen LogP contribution in [0.3, 0.4) is 0 Å². The minimum absolute atomic E-state index is 0.0273. The molecule has 1 aliphatic heterocycles. The summed E-state index contributed by atoms with van der Waals surface area (Å²) in [6.45, 7) is 12.5. The molecule has 6 heteroatoms. The summed E-state index contributed by atoms with van der Waals surface area (Å²) in [6, 6.07) is 0. The van der Waals surface area contributed by atoms with Gasteiger partial charge in [0.05, 0.1) is 11.9 Å². The second-order valence-electron chi connectivity index (χ2n) is 4.16. The van der Waals surface area contributed by atoms with E-state index < -0.39 is 24.8 Å². The number of hydrogen-bond donors (Lipinski definition) is 0. The average molecular weight is 304 g/mol. The molecule has 0 aromatic rings. The van der Waals surface area contributed by atoms with Crippen molar-refractivity contribution >= 4 is 23.7 Å². The maximum Gasteiger partial charge on any atom is 0.346 e. The van der Waals surface area contributed by atoms with Crippen molar-refractivity contribution in [2.45, 2.75) is 52.3 Å². The molecule has 1 saturated heterocycles. The van der Waals surface area contributed by atoms with E-state index in [1.165, 1.54) is 6.92 Å². The Morgan fingerprint density at radius 1 is 1.35 bits per heavy atom. The highest BCUT2D eigenvalue weighted by atomic mass is 32.2. The zero-order valence-corrected chi connectivity index (χ0v) is 13.6. The molecule has 116 valence electrons. The van der Waals surface area contributed by atoms with Crippen molar-refractivity contribution in [1.82, 2.24) is 0 Å². The Morgan fingerprint density at radius 2 is 1.95 bits per heavy atom. The van der Waals surface area contributed by atoms with Crippen molar-refractivity contribution in [3.05, 3.63) is 12.2 Å². The standard InChI is InChI=1S/C12H18O5S.C2H6/c1-7(2)12(14)15-5-10(13)17-11-6-18-9(4)8(3)16-11;1-2/h8-9,11H,1,5-6H2,2-4H3;1-2H3. The minimum atomic E-state index is -0.614. The zero-order chi connectivity index (χ0) is 15.7. The van der Waals surface area contributed by atoms with Crippen molar-refractivity contribution in [2.75, 3.05) is 12.4 Å². The van der Waals surface area contributed by atoms with Crippen LogP contribution in [0.5, 0.6) is 0 Å². The second kappa shape index (κ2) is 9.83. The monoisotopic (exact) mass is 304 g/mol. The molecule has 1 rings (SSSR count). The van der Waals surface area contributed by atoms with E-state index in [1.807, 2.05) is 20.8 Å². The SMILES string of the molecule is C=C(C)C(=O)OCC(=O)OC1CSC(C)C(C)O1.CC. The molecule has 0 N–H and O–H groups in total. The minimum Gasteiger partial charge on any atom is -0.450 e. The molecule has 0 aliphatic carbocycles. The third-order valence-electron chi connectivity index (χ3n) is 2.46. The van der Waals surface area contributed by atoms with Gasteiger partial charge < -0.3 is 14.2 Å². The van der Waals surface area contributed by atoms with Crippen LogP contribution < -0.4 is 0 Å². The molecule has 1 aliphatic rings. The maximum atomic E-state index is 11.4. The number of esters is 2. The van der Waals surface area contributed by atoms with Crippen LogP contribution in [-0.2, 0) is 23.8 Å². The lowest BCUT2D eigenvalue weighted by molar-refractivity contribution is -0.189. The molecule has 0 spiro atoms. The van der Waals surface area contributed by atoms with E-state index in [0.717, 1.165) is 0 Å². The van der Waals surface area contributed by atoms with Crippen molar-refractivity contribution < 1.29 is 23.8 Å². The van der Waals surface area contributed by atoms with Crippen molar-refractivity contribution in [1.29, 1.82) is 0 Å². The van der Waals surface area contributed by atoms with E-state index in [2.05, 4.69) is 18.2 Å². The van der Waals surface area contributed by atoms with Gasteiger partial charge in [0.1, 0.15) is 0 Å². The summed E-state index contributed by atoms with van der Waals surface area (Å²) in [4.78, 5) is 22.5. The molecule has 3 atom stereocenters. The lowest BCUT2D eigenvalue weighted by Gasteiger charge is -2.31. The van der Waals surface area contributed by atoms with Crippen molar-refractivity contribution in [3.63, 3.8) is 0 Å². The van der Waals surface area contributed by atoms with Gasteiger partial charge in [-0.2, -0.15) is 0 Å². The summed E-state index contributed by atoms with van der Waals surface area (Å²) < 4.78 is 15.2. The molecule has 0 amide bonds. The normalized spacial score (nSPS) is 24.9. The van der Waals surface area contributed by atoms with Crippen molar-refractivity contribution in [2.24, 2.45) is 0 Å². The summed E-state index contributed by atoms with van der Waals surface area (Å²) in [5.41, 5.74) is 0.245. The Morgan fingerprint density at radius 3 is 2.45 bits per heavy atom. The number of ether oxygens (including phenoxy) is 3. The van der Waals surface area contributed by atoms with Gasteiger partial charge in [0, 0.05) is 10.8 Å². The molecule has 0 aromatic carbocycles. The Hall–Kier alpha value is -1.01. The van der Waals surface area contributed by atoms with E-state index >= 15 is 0 Å². The molecule has 0 saturated carbocycles. The van der Waals surface area contributed by atoms with Crippen LogP contribution in [0.15, 0.2) is 12.2 Å². The van der Waals surface area contributed by atoms with Crippen LogP contribution in [0.4, 0.5) is 0 Å². The van der Waals surface area contributed by atoms with Gasteiger partial charge in [0.25, 0.3) is 0 Å². The largest absolute Gasteiger partial charge is 0.450 e. The number of carbonyl (C=O) groups is 2.